The van der Waals surface area contributed by atoms with Crippen LogP contribution in [0, 0.1) is 0 Å². The molecular formula is C15H16BrN3. The predicted molar refractivity (Wildman–Crippen MR) is 80.0 cm³/mol. The second kappa shape index (κ2) is 4.10. The van der Waals surface area contributed by atoms with Crippen LogP contribution in [0.15, 0.2) is 28.7 Å². The second-order valence-electron chi connectivity index (χ2n) is 5.59. The summed E-state index contributed by atoms with van der Waals surface area (Å²) in [6.07, 6.45) is 5.03. The number of hydrogen-bond donors (Lipinski definition) is 1. The monoisotopic (exact) mass is 317 g/mol. The van der Waals surface area contributed by atoms with Gasteiger partial charge in [0.25, 0.3) is 0 Å². The first-order chi connectivity index (χ1) is 9.24. The maximum Gasteiger partial charge on any atom is 0.132 e. The number of anilines is 1. The lowest BCUT2D eigenvalue weighted by molar-refractivity contribution is 0.691. The minimum Gasteiger partial charge on any atom is -0.383 e. The fourth-order valence-electron chi connectivity index (χ4n) is 2.66. The van der Waals surface area contributed by atoms with Gasteiger partial charge in [0.15, 0.2) is 0 Å². The molecule has 98 valence electrons. The van der Waals surface area contributed by atoms with Gasteiger partial charge in [-0.3, -0.25) is 0 Å². The summed E-state index contributed by atoms with van der Waals surface area (Å²) in [5.74, 6) is 2.71. The molecule has 0 amide bonds. The number of halogens is 1. The van der Waals surface area contributed by atoms with Gasteiger partial charge in [0, 0.05) is 22.0 Å². The number of rotatable bonds is 3. The van der Waals surface area contributed by atoms with E-state index in [1.165, 1.54) is 31.5 Å². The van der Waals surface area contributed by atoms with E-state index in [2.05, 4.69) is 32.6 Å². The minimum atomic E-state index is 0.601. The summed E-state index contributed by atoms with van der Waals surface area (Å²) in [6.45, 7) is 0. The van der Waals surface area contributed by atoms with Crippen LogP contribution >= 0.6 is 15.9 Å². The molecule has 2 saturated carbocycles. The average Bonchev–Trinajstić information content (AvgIpc) is 3.28. The largest absolute Gasteiger partial charge is 0.383 e. The van der Waals surface area contributed by atoms with Crippen molar-refractivity contribution in [2.45, 2.75) is 37.6 Å². The third-order valence-corrected chi connectivity index (χ3v) is 4.42. The van der Waals surface area contributed by atoms with Crippen LogP contribution in [0.5, 0.6) is 0 Å². The number of benzene rings is 1. The highest BCUT2D eigenvalue weighted by atomic mass is 79.9. The quantitative estimate of drug-likeness (QED) is 0.925. The van der Waals surface area contributed by atoms with Gasteiger partial charge >= 0.3 is 0 Å². The zero-order chi connectivity index (χ0) is 13.0. The highest BCUT2D eigenvalue weighted by Crippen LogP contribution is 2.48. The summed E-state index contributed by atoms with van der Waals surface area (Å²) in [5, 5.41) is 0. The molecule has 4 heteroatoms. The Bertz CT molecular complexity index is 639. The number of hydrogen-bond acceptors (Lipinski definition) is 2. The molecule has 2 aliphatic rings. The van der Waals surface area contributed by atoms with Gasteiger partial charge in [-0.1, -0.05) is 28.1 Å². The molecule has 1 aromatic heterocycles. The molecule has 1 aromatic carbocycles. The van der Waals surface area contributed by atoms with Gasteiger partial charge in [-0.2, -0.15) is 0 Å². The molecule has 3 nitrogen and oxygen atoms in total. The first-order valence-electron chi connectivity index (χ1n) is 6.87. The van der Waals surface area contributed by atoms with E-state index in [1.807, 2.05) is 12.1 Å². The molecule has 1 heterocycles. The van der Waals surface area contributed by atoms with E-state index in [-0.39, 0.29) is 0 Å². The summed E-state index contributed by atoms with van der Waals surface area (Å²) in [4.78, 5) is 4.86. The van der Waals surface area contributed by atoms with Gasteiger partial charge in [-0.15, -0.1) is 0 Å². The highest BCUT2D eigenvalue weighted by Gasteiger charge is 2.36. The van der Waals surface area contributed by atoms with Crippen molar-refractivity contribution in [3.05, 3.63) is 34.6 Å². The Labute approximate surface area is 121 Å². The number of nitrogens with zero attached hydrogens (tertiary/aromatic N) is 2. The van der Waals surface area contributed by atoms with E-state index in [1.54, 1.807) is 0 Å². The van der Waals surface area contributed by atoms with Crippen molar-refractivity contribution in [3.63, 3.8) is 0 Å². The van der Waals surface area contributed by atoms with Gasteiger partial charge in [-0.05, 0) is 37.8 Å². The molecule has 0 saturated heterocycles. The Balaban J connectivity index is 1.86. The first-order valence-corrected chi connectivity index (χ1v) is 7.67. The number of nitrogens with two attached hydrogens (primary N) is 1. The molecule has 2 aromatic rings. The fourth-order valence-corrected chi connectivity index (χ4v) is 3.06. The van der Waals surface area contributed by atoms with Crippen LogP contribution in [0.1, 0.15) is 43.5 Å². The van der Waals surface area contributed by atoms with Gasteiger partial charge in [0.2, 0.25) is 0 Å². The standard InChI is InChI=1S/C15H16BrN3/c16-11-3-1-2-10(8-11)13-14(17)19(12-6-7-12)15(18-13)9-4-5-9/h1-3,8-9,12H,4-7,17H2. The SMILES string of the molecule is Nc1c(-c2cccc(Br)c2)nc(C2CC2)n1C1CC1. The van der Waals surface area contributed by atoms with Gasteiger partial charge < -0.3 is 10.3 Å². The lowest BCUT2D eigenvalue weighted by Gasteiger charge is -2.07. The molecule has 0 radical (unpaired) electrons. The summed E-state index contributed by atoms with van der Waals surface area (Å²) < 4.78 is 3.37. The third-order valence-electron chi connectivity index (χ3n) is 3.93. The van der Waals surface area contributed by atoms with Crippen molar-refractivity contribution in [2.75, 3.05) is 5.73 Å². The van der Waals surface area contributed by atoms with Crippen molar-refractivity contribution in [3.8, 4) is 11.3 Å². The van der Waals surface area contributed by atoms with E-state index in [0.29, 0.717) is 12.0 Å². The highest BCUT2D eigenvalue weighted by molar-refractivity contribution is 9.10. The maximum atomic E-state index is 6.38. The lowest BCUT2D eigenvalue weighted by atomic mass is 10.1. The lowest BCUT2D eigenvalue weighted by Crippen LogP contribution is -2.04. The van der Waals surface area contributed by atoms with E-state index in [9.17, 15) is 0 Å². The second-order valence-corrected chi connectivity index (χ2v) is 6.51. The number of nitrogen functional groups attached to an aromatic ring is 1. The predicted octanol–water partition coefficient (Wildman–Crippen LogP) is 4.11. The van der Waals surface area contributed by atoms with Crippen molar-refractivity contribution < 1.29 is 0 Å². The Morgan fingerprint density at radius 2 is 2.00 bits per heavy atom. The molecule has 2 aliphatic carbocycles. The molecule has 4 rings (SSSR count). The Morgan fingerprint density at radius 1 is 1.21 bits per heavy atom. The van der Waals surface area contributed by atoms with Crippen molar-refractivity contribution in [1.82, 2.24) is 9.55 Å². The minimum absolute atomic E-state index is 0.601. The summed E-state index contributed by atoms with van der Waals surface area (Å²) in [6, 6.07) is 8.83. The van der Waals surface area contributed by atoms with E-state index in [0.717, 1.165) is 21.5 Å². The zero-order valence-corrected chi connectivity index (χ0v) is 12.2. The molecule has 0 atom stereocenters. The van der Waals surface area contributed by atoms with Crippen LogP contribution in [-0.4, -0.2) is 9.55 Å². The Morgan fingerprint density at radius 3 is 2.63 bits per heavy atom. The van der Waals surface area contributed by atoms with Crippen LogP contribution in [0.25, 0.3) is 11.3 Å². The van der Waals surface area contributed by atoms with Crippen LogP contribution in [0.3, 0.4) is 0 Å². The van der Waals surface area contributed by atoms with E-state index >= 15 is 0 Å². The van der Waals surface area contributed by atoms with Crippen LogP contribution in [0.2, 0.25) is 0 Å². The molecule has 0 aliphatic heterocycles. The summed E-state index contributed by atoms with van der Waals surface area (Å²) >= 11 is 3.52. The summed E-state index contributed by atoms with van der Waals surface area (Å²) in [5.41, 5.74) is 8.44. The number of aromatic nitrogens is 2. The number of imidazole rings is 1. The van der Waals surface area contributed by atoms with Crippen LogP contribution in [0.4, 0.5) is 5.82 Å². The van der Waals surface area contributed by atoms with Gasteiger partial charge in [0.1, 0.15) is 17.3 Å². The fraction of sp³-hybridized carbons (Fsp3) is 0.400. The molecule has 0 spiro atoms. The molecule has 0 unspecified atom stereocenters. The third kappa shape index (κ3) is 1.98. The van der Waals surface area contributed by atoms with E-state index in [4.69, 9.17) is 10.7 Å². The molecule has 2 N–H and O–H groups in total. The van der Waals surface area contributed by atoms with Crippen LogP contribution < -0.4 is 5.73 Å². The van der Waals surface area contributed by atoms with Crippen molar-refractivity contribution in [2.24, 2.45) is 0 Å². The van der Waals surface area contributed by atoms with Gasteiger partial charge in [-0.25, -0.2) is 4.98 Å². The van der Waals surface area contributed by atoms with Crippen LogP contribution in [-0.2, 0) is 0 Å². The zero-order valence-electron chi connectivity index (χ0n) is 10.6. The first kappa shape index (κ1) is 11.5. The topological polar surface area (TPSA) is 43.8 Å². The normalized spacial score (nSPS) is 18.8. The van der Waals surface area contributed by atoms with Gasteiger partial charge in [0.05, 0.1) is 0 Å². The Hall–Kier alpha value is -1.29. The Kier molecular flexibility index (Phi) is 2.49. The smallest absolute Gasteiger partial charge is 0.132 e. The maximum absolute atomic E-state index is 6.38. The molecule has 19 heavy (non-hydrogen) atoms. The van der Waals surface area contributed by atoms with Crippen molar-refractivity contribution in [1.29, 1.82) is 0 Å². The average molecular weight is 318 g/mol. The molecular weight excluding hydrogens is 302 g/mol. The summed E-state index contributed by atoms with van der Waals surface area (Å²) in [7, 11) is 0. The van der Waals surface area contributed by atoms with Crippen molar-refractivity contribution >= 4 is 21.7 Å². The molecule has 0 bridgehead atoms. The molecule has 2 fully saturated rings. The van der Waals surface area contributed by atoms with E-state index < -0.39 is 0 Å².